The third kappa shape index (κ3) is 0.926. The number of hydrogen-bond acceptors (Lipinski definition) is 3. The molecule has 1 rings (SSSR count). The first-order valence-corrected chi connectivity index (χ1v) is 3.16. The molecule has 0 bridgehead atoms. The third-order valence-electron chi connectivity index (χ3n) is 1.80. The molecule has 1 heterocycles. The van der Waals surface area contributed by atoms with Gasteiger partial charge in [0.2, 0.25) is 0 Å². The van der Waals surface area contributed by atoms with E-state index in [0.717, 1.165) is 5.57 Å². The molecule has 0 aromatic rings. The van der Waals surface area contributed by atoms with Crippen LogP contribution in [0.15, 0.2) is 11.1 Å². The number of esters is 1. The average Bonchev–Trinajstić information content (AvgIpc) is 2.17. The van der Waals surface area contributed by atoms with E-state index in [0.29, 0.717) is 5.57 Å². The normalized spacial score (nSPS) is 25.5. The Morgan fingerprint density at radius 2 is 2.20 bits per heavy atom. The maximum absolute atomic E-state index is 10.8. The smallest absolute Gasteiger partial charge is 0.334 e. The topological polar surface area (TPSA) is 46.5 Å². The van der Waals surface area contributed by atoms with Crippen molar-refractivity contribution in [2.75, 3.05) is 6.61 Å². The lowest BCUT2D eigenvalue weighted by Gasteiger charge is -2.05. The molecule has 0 unspecified atom stereocenters. The van der Waals surface area contributed by atoms with Gasteiger partial charge in [0.15, 0.2) is 0 Å². The van der Waals surface area contributed by atoms with Crippen LogP contribution in [0.25, 0.3) is 0 Å². The summed E-state index contributed by atoms with van der Waals surface area (Å²) >= 11 is 0. The van der Waals surface area contributed by atoms with E-state index in [2.05, 4.69) is 0 Å². The van der Waals surface area contributed by atoms with E-state index in [1.165, 1.54) is 0 Å². The Morgan fingerprint density at radius 3 is 2.40 bits per heavy atom. The van der Waals surface area contributed by atoms with Gasteiger partial charge in [-0.2, -0.15) is 0 Å². The van der Waals surface area contributed by atoms with Crippen molar-refractivity contribution in [1.29, 1.82) is 0 Å². The Balaban J connectivity index is 2.83. The van der Waals surface area contributed by atoms with Gasteiger partial charge < -0.3 is 9.84 Å². The van der Waals surface area contributed by atoms with E-state index in [1.807, 2.05) is 0 Å². The lowest BCUT2D eigenvalue weighted by atomic mass is 10.1. The van der Waals surface area contributed by atoms with Crippen LogP contribution in [0.1, 0.15) is 13.8 Å². The zero-order valence-corrected chi connectivity index (χ0v) is 6.05. The number of hydrogen-bond donors (Lipinski definition) is 1. The molecule has 0 aromatic carbocycles. The average molecular weight is 142 g/mol. The third-order valence-corrected chi connectivity index (χ3v) is 1.80. The molecule has 1 aliphatic heterocycles. The molecule has 0 fully saturated rings. The van der Waals surface area contributed by atoms with E-state index < -0.39 is 6.10 Å². The molecule has 10 heavy (non-hydrogen) atoms. The highest BCUT2D eigenvalue weighted by molar-refractivity contribution is 5.91. The summed E-state index contributed by atoms with van der Waals surface area (Å²) in [6.45, 7) is 3.38. The van der Waals surface area contributed by atoms with Crippen molar-refractivity contribution in [3.63, 3.8) is 0 Å². The Hall–Kier alpha value is -0.830. The van der Waals surface area contributed by atoms with Crippen molar-refractivity contribution in [2.24, 2.45) is 0 Å². The first kappa shape index (κ1) is 7.28. The number of aliphatic hydroxyl groups is 1. The molecule has 3 nitrogen and oxygen atoms in total. The van der Waals surface area contributed by atoms with Gasteiger partial charge in [0.05, 0.1) is 6.61 Å². The fourth-order valence-corrected chi connectivity index (χ4v) is 0.883. The quantitative estimate of drug-likeness (QED) is 0.533. The van der Waals surface area contributed by atoms with E-state index in [9.17, 15) is 4.79 Å². The van der Waals surface area contributed by atoms with Gasteiger partial charge in [-0.3, -0.25) is 0 Å². The highest BCUT2D eigenvalue weighted by Gasteiger charge is 2.27. The van der Waals surface area contributed by atoms with Crippen LogP contribution in [0, 0.1) is 0 Å². The maximum Gasteiger partial charge on any atom is 0.334 e. The van der Waals surface area contributed by atoms with Crippen LogP contribution in [0.3, 0.4) is 0 Å². The van der Waals surface area contributed by atoms with Crippen LogP contribution >= 0.6 is 0 Å². The molecule has 0 aliphatic carbocycles. The SMILES string of the molecule is CC1=C(C)[C@@H](CO)OC1=O. The fourth-order valence-electron chi connectivity index (χ4n) is 0.883. The van der Waals surface area contributed by atoms with Crippen LogP contribution in [0.5, 0.6) is 0 Å². The molecule has 1 N–H and O–H groups in total. The summed E-state index contributed by atoms with van der Waals surface area (Å²) < 4.78 is 4.77. The largest absolute Gasteiger partial charge is 0.452 e. The molecule has 0 aromatic heterocycles. The molecule has 1 atom stereocenters. The fraction of sp³-hybridized carbons (Fsp3) is 0.571. The van der Waals surface area contributed by atoms with Gasteiger partial charge in [0, 0.05) is 5.57 Å². The number of aliphatic hydroxyl groups excluding tert-OH is 1. The molecule has 56 valence electrons. The molecule has 0 radical (unpaired) electrons. The first-order chi connectivity index (χ1) is 4.66. The highest BCUT2D eigenvalue weighted by Crippen LogP contribution is 2.20. The van der Waals surface area contributed by atoms with E-state index >= 15 is 0 Å². The highest BCUT2D eigenvalue weighted by atomic mass is 16.6. The minimum absolute atomic E-state index is 0.116. The lowest BCUT2D eigenvalue weighted by molar-refractivity contribution is -0.141. The van der Waals surface area contributed by atoms with Gasteiger partial charge in [-0.15, -0.1) is 0 Å². The lowest BCUT2D eigenvalue weighted by Crippen LogP contribution is -2.14. The Morgan fingerprint density at radius 1 is 1.60 bits per heavy atom. The minimum atomic E-state index is -0.396. The van der Waals surface area contributed by atoms with E-state index in [-0.39, 0.29) is 12.6 Å². The summed E-state index contributed by atoms with van der Waals surface area (Å²) in [7, 11) is 0. The number of carbonyl (C=O) groups is 1. The molecule has 1 aliphatic rings. The van der Waals surface area contributed by atoms with Crippen molar-refractivity contribution in [1.82, 2.24) is 0 Å². The standard InChI is InChI=1S/C7H10O3/c1-4-5(2)7(9)10-6(4)3-8/h6,8H,3H2,1-2H3/t6-/m1/s1. The van der Waals surface area contributed by atoms with Crippen LogP contribution in [0.4, 0.5) is 0 Å². The molecule has 0 saturated heterocycles. The summed E-state index contributed by atoms with van der Waals surface area (Å²) in [6, 6.07) is 0. The van der Waals surface area contributed by atoms with Gasteiger partial charge in [0.1, 0.15) is 6.10 Å². The second-order valence-electron chi connectivity index (χ2n) is 2.38. The zero-order chi connectivity index (χ0) is 7.72. The zero-order valence-electron chi connectivity index (χ0n) is 6.05. The summed E-state index contributed by atoms with van der Waals surface area (Å²) in [6.07, 6.45) is -0.396. The summed E-state index contributed by atoms with van der Waals surface area (Å²) in [5.74, 6) is -0.309. The van der Waals surface area contributed by atoms with Crippen LogP contribution in [0.2, 0.25) is 0 Å². The van der Waals surface area contributed by atoms with Crippen LogP contribution < -0.4 is 0 Å². The first-order valence-electron chi connectivity index (χ1n) is 3.16. The number of cyclic esters (lactones) is 1. The summed E-state index contributed by atoms with van der Waals surface area (Å²) in [5.41, 5.74) is 1.46. The molecule has 0 spiro atoms. The van der Waals surface area contributed by atoms with Crippen molar-refractivity contribution in [3.05, 3.63) is 11.1 Å². The van der Waals surface area contributed by atoms with Gasteiger partial charge >= 0.3 is 5.97 Å². The maximum atomic E-state index is 10.8. The monoisotopic (exact) mass is 142 g/mol. The number of carbonyl (C=O) groups excluding carboxylic acids is 1. The van der Waals surface area contributed by atoms with Crippen molar-refractivity contribution in [2.45, 2.75) is 20.0 Å². The van der Waals surface area contributed by atoms with Gasteiger partial charge in [-0.1, -0.05) is 0 Å². The van der Waals surface area contributed by atoms with Crippen molar-refractivity contribution < 1.29 is 14.6 Å². The molecule has 0 amide bonds. The van der Waals surface area contributed by atoms with Crippen LogP contribution in [-0.4, -0.2) is 23.8 Å². The minimum Gasteiger partial charge on any atom is -0.452 e. The second-order valence-corrected chi connectivity index (χ2v) is 2.38. The van der Waals surface area contributed by atoms with Crippen molar-refractivity contribution >= 4 is 5.97 Å². The predicted octanol–water partition coefficient (Wildman–Crippen LogP) is 0.240. The number of ether oxygens (including phenoxy) is 1. The predicted molar refractivity (Wildman–Crippen MR) is 35.3 cm³/mol. The number of rotatable bonds is 1. The Bertz CT molecular complexity index is 193. The molecular formula is C7H10O3. The van der Waals surface area contributed by atoms with Crippen molar-refractivity contribution in [3.8, 4) is 0 Å². The van der Waals surface area contributed by atoms with E-state index in [4.69, 9.17) is 9.84 Å². The summed E-state index contributed by atoms with van der Waals surface area (Å²) in [5, 5.41) is 8.66. The summed E-state index contributed by atoms with van der Waals surface area (Å²) in [4.78, 5) is 10.8. The second kappa shape index (κ2) is 2.42. The van der Waals surface area contributed by atoms with Gasteiger partial charge in [-0.05, 0) is 19.4 Å². The Labute approximate surface area is 59.3 Å². The molecular weight excluding hydrogens is 132 g/mol. The van der Waals surface area contributed by atoms with Gasteiger partial charge in [-0.25, -0.2) is 4.79 Å². The molecule has 0 saturated carbocycles. The van der Waals surface area contributed by atoms with Crippen LogP contribution in [-0.2, 0) is 9.53 Å². The van der Waals surface area contributed by atoms with Gasteiger partial charge in [0.25, 0.3) is 0 Å². The van der Waals surface area contributed by atoms with E-state index in [1.54, 1.807) is 13.8 Å². The molecule has 3 heteroatoms. The Kier molecular flexibility index (Phi) is 1.76.